The number of piperidine rings is 1. The van der Waals surface area contributed by atoms with Gasteiger partial charge in [0.05, 0.1) is 11.6 Å². The predicted molar refractivity (Wildman–Crippen MR) is 114 cm³/mol. The summed E-state index contributed by atoms with van der Waals surface area (Å²) in [6, 6.07) is 15.5. The van der Waals surface area contributed by atoms with E-state index in [1.165, 1.54) is 5.56 Å². The third-order valence-corrected chi connectivity index (χ3v) is 5.42. The molecule has 4 rings (SSSR count). The molecule has 1 fully saturated rings. The zero-order valence-electron chi connectivity index (χ0n) is 16.8. The molecule has 1 atom stereocenters. The van der Waals surface area contributed by atoms with Crippen LogP contribution in [0.25, 0.3) is 11.3 Å². The van der Waals surface area contributed by atoms with E-state index in [1.807, 2.05) is 30.3 Å². The standard InChI is InChI=1S/C23H25N5O2/c29-22(25-13-8-17-5-2-1-3-6-17)19-7-4-14-28(16-19)23(30)21-15-20(26-27-21)18-9-11-24-12-10-18/h1-3,5-6,9-12,15,19H,4,7-8,13-14,16H2,(H,25,29)(H,26,27)/t19-/m0/s1. The van der Waals surface area contributed by atoms with Crippen molar-refractivity contribution in [1.82, 2.24) is 25.4 Å². The number of benzene rings is 1. The van der Waals surface area contributed by atoms with Crippen molar-refractivity contribution in [2.24, 2.45) is 5.92 Å². The summed E-state index contributed by atoms with van der Waals surface area (Å²) in [4.78, 5) is 31.3. The number of H-pyrrole nitrogens is 1. The van der Waals surface area contributed by atoms with Gasteiger partial charge in [-0.15, -0.1) is 0 Å². The Kier molecular flexibility index (Phi) is 6.17. The summed E-state index contributed by atoms with van der Waals surface area (Å²) in [6.07, 6.45) is 5.79. The topological polar surface area (TPSA) is 91.0 Å². The maximum atomic E-state index is 12.9. The van der Waals surface area contributed by atoms with Gasteiger partial charge in [0.25, 0.3) is 5.91 Å². The number of rotatable bonds is 6. The minimum atomic E-state index is -0.180. The van der Waals surface area contributed by atoms with Crippen LogP contribution in [0.4, 0.5) is 0 Å². The summed E-state index contributed by atoms with van der Waals surface area (Å²) in [6.45, 7) is 1.68. The minimum absolute atomic E-state index is 0.0190. The fraction of sp³-hybridized carbons (Fsp3) is 0.304. The van der Waals surface area contributed by atoms with Gasteiger partial charge in [-0.1, -0.05) is 30.3 Å². The molecule has 3 aromatic rings. The number of carbonyl (C=O) groups excluding carboxylic acids is 2. The maximum Gasteiger partial charge on any atom is 0.271 e. The molecular formula is C23H25N5O2. The summed E-state index contributed by atoms with van der Waals surface area (Å²) in [5.41, 5.74) is 3.23. The number of nitrogens with one attached hydrogen (secondary N) is 2. The highest BCUT2D eigenvalue weighted by Crippen LogP contribution is 2.21. The number of amides is 2. The van der Waals surface area contributed by atoms with Crippen LogP contribution in [0.5, 0.6) is 0 Å². The number of aromatic nitrogens is 3. The molecule has 7 heteroatoms. The zero-order chi connectivity index (χ0) is 20.8. The molecule has 0 unspecified atom stereocenters. The highest BCUT2D eigenvalue weighted by molar-refractivity contribution is 5.94. The molecule has 0 bridgehead atoms. The first-order chi connectivity index (χ1) is 14.7. The van der Waals surface area contributed by atoms with Crippen molar-refractivity contribution in [2.45, 2.75) is 19.3 Å². The van der Waals surface area contributed by atoms with Crippen LogP contribution in [0.1, 0.15) is 28.9 Å². The van der Waals surface area contributed by atoms with Crippen LogP contribution >= 0.6 is 0 Å². The molecule has 3 heterocycles. The third-order valence-electron chi connectivity index (χ3n) is 5.42. The van der Waals surface area contributed by atoms with Crippen molar-refractivity contribution in [3.8, 4) is 11.3 Å². The molecule has 30 heavy (non-hydrogen) atoms. The monoisotopic (exact) mass is 403 g/mol. The lowest BCUT2D eigenvalue weighted by atomic mass is 9.96. The summed E-state index contributed by atoms with van der Waals surface area (Å²) >= 11 is 0. The van der Waals surface area contributed by atoms with Gasteiger partial charge in [-0.3, -0.25) is 19.7 Å². The first kappa shape index (κ1) is 19.8. The predicted octanol–water partition coefficient (Wildman–Crippen LogP) is 2.68. The van der Waals surface area contributed by atoms with Crippen LogP contribution in [0, 0.1) is 5.92 Å². The lowest BCUT2D eigenvalue weighted by Crippen LogP contribution is -2.45. The Balaban J connectivity index is 1.32. The van der Waals surface area contributed by atoms with Gasteiger partial charge in [0.15, 0.2) is 0 Å². The molecule has 1 aliphatic rings. The van der Waals surface area contributed by atoms with Crippen molar-refractivity contribution in [2.75, 3.05) is 19.6 Å². The average molecular weight is 403 g/mol. The van der Waals surface area contributed by atoms with Crippen molar-refractivity contribution in [3.63, 3.8) is 0 Å². The Hall–Kier alpha value is -3.48. The second-order valence-corrected chi connectivity index (χ2v) is 7.52. The summed E-state index contributed by atoms with van der Waals surface area (Å²) in [7, 11) is 0. The van der Waals surface area contributed by atoms with Crippen molar-refractivity contribution in [1.29, 1.82) is 0 Å². The Morgan fingerprint density at radius 2 is 1.93 bits per heavy atom. The molecule has 2 amide bonds. The highest BCUT2D eigenvalue weighted by Gasteiger charge is 2.29. The zero-order valence-corrected chi connectivity index (χ0v) is 16.8. The molecule has 1 aromatic carbocycles. The van der Waals surface area contributed by atoms with E-state index >= 15 is 0 Å². The summed E-state index contributed by atoms with van der Waals surface area (Å²) in [5.74, 6) is -0.281. The second kappa shape index (κ2) is 9.35. The van der Waals surface area contributed by atoms with Gasteiger partial charge >= 0.3 is 0 Å². The van der Waals surface area contributed by atoms with E-state index < -0.39 is 0 Å². The van der Waals surface area contributed by atoms with Gasteiger partial charge < -0.3 is 10.2 Å². The molecule has 2 aromatic heterocycles. The molecule has 1 saturated heterocycles. The first-order valence-corrected chi connectivity index (χ1v) is 10.3. The van der Waals surface area contributed by atoms with E-state index in [2.05, 4.69) is 32.6 Å². The van der Waals surface area contributed by atoms with Crippen LogP contribution in [0.2, 0.25) is 0 Å². The molecule has 0 aliphatic carbocycles. The third kappa shape index (κ3) is 4.74. The number of likely N-dealkylation sites (tertiary alicyclic amines) is 1. The number of pyridine rings is 1. The molecule has 1 aliphatic heterocycles. The van der Waals surface area contributed by atoms with E-state index in [4.69, 9.17) is 0 Å². The number of carbonyl (C=O) groups is 2. The van der Waals surface area contributed by atoms with Crippen LogP contribution in [-0.2, 0) is 11.2 Å². The second-order valence-electron chi connectivity index (χ2n) is 7.52. The molecule has 0 saturated carbocycles. The summed E-state index contributed by atoms with van der Waals surface area (Å²) in [5, 5.41) is 10.1. The molecule has 154 valence electrons. The number of hydrogen-bond donors (Lipinski definition) is 2. The largest absolute Gasteiger partial charge is 0.355 e. The Morgan fingerprint density at radius 3 is 2.73 bits per heavy atom. The molecule has 2 N–H and O–H groups in total. The van der Waals surface area contributed by atoms with E-state index in [0.717, 1.165) is 24.8 Å². The van der Waals surface area contributed by atoms with E-state index in [-0.39, 0.29) is 17.7 Å². The maximum absolute atomic E-state index is 12.9. The Bertz CT molecular complexity index is 987. The van der Waals surface area contributed by atoms with Gasteiger partial charge in [-0.05, 0) is 43.0 Å². The smallest absolute Gasteiger partial charge is 0.271 e. The van der Waals surface area contributed by atoms with Gasteiger partial charge in [-0.25, -0.2) is 0 Å². The number of hydrogen-bond acceptors (Lipinski definition) is 4. The Morgan fingerprint density at radius 1 is 1.13 bits per heavy atom. The van der Waals surface area contributed by atoms with Gasteiger partial charge in [-0.2, -0.15) is 5.10 Å². The SMILES string of the molecule is O=C(NCCc1ccccc1)[C@H]1CCCN(C(=O)c2cc(-c3ccncc3)n[nH]2)C1. The van der Waals surface area contributed by atoms with E-state index in [9.17, 15) is 9.59 Å². The van der Waals surface area contributed by atoms with Crippen LogP contribution in [-0.4, -0.2) is 51.5 Å². The first-order valence-electron chi connectivity index (χ1n) is 10.3. The highest BCUT2D eigenvalue weighted by atomic mass is 16.2. The van der Waals surface area contributed by atoms with E-state index in [0.29, 0.717) is 31.0 Å². The van der Waals surface area contributed by atoms with Crippen molar-refractivity contribution < 1.29 is 9.59 Å². The lowest BCUT2D eigenvalue weighted by molar-refractivity contribution is -0.126. The fourth-order valence-electron chi connectivity index (χ4n) is 3.77. The summed E-state index contributed by atoms with van der Waals surface area (Å²) < 4.78 is 0. The van der Waals surface area contributed by atoms with Gasteiger partial charge in [0.1, 0.15) is 5.69 Å². The van der Waals surface area contributed by atoms with Gasteiger partial charge in [0, 0.05) is 37.6 Å². The van der Waals surface area contributed by atoms with Crippen molar-refractivity contribution in [3.05, 3.63) is 72.2 Å². The molecular weight excluding hydrogens is 378 g/mol. The fourth-order valence-corrected chi connectivity index (χ4v) is 3.77. The number of nitrogens with zero attached hydrogens (tertiary/aromatic N) is 3. The average Bonchev–Trinajstić information content (AvgIpc) is 3.30. The van der Waals surface area contributed by atoms with Crippen molar-refractivity contribution >= 4 is 11.8 Å². The Labute approximate surface area is 175 Å². The number of aromatic amines is 1. The van der Waals surface area contributed by atoms with Crippen LogP contribution in [0.3, 0.4) is 0 Å². The van der Waals surface area contributed by atoms with Gasteiger partial charge in [0.2, 0.25) is 5.91 Å². The van der Waals surface area contributed by atoms with Crippen LogP contribution < -0.4 is 5.32 Å². The molecule has 7 nitrogen and oxygen atoms in total. The molecule has 0 radical (unpaired) electrons. The lowest BCUT2D eigenvalue weighted by Gasteiger charge is -2.31. The normalized spacial score (nSPS) is 16.3. The minimum Gasteiger partial charge on any atom is -0.355 e. The van der Waals surface area contributed by atoms with Crippen LogP contribution in [0.15, 0.2) is 60.9 Å². The molecule has 0 spiro atoms. The quantitative estimate of drug-likeness (QED) is 0.662. The van der Waals surface area contributed by atoms with E-state index in [1.54, 1.807) is 23.4 Å².